The number of hydrogen-bond acceptors (Lipinski definition) is 3. The molecule has 1 N–H and O–H groups in total. The highest BCUT2D eigenvalue weighted by Gasteiger charge is 2.35. The Hall–Kier alpha value is -0.250. The van der Waals surface area contributed by atoms with Gasteiger partial charge in [0.15, 0.2) is 2.14 Å². The first-order valence-electron chi connectivity index (χ1n) is 4.82. The van der Waals surface area contributed by atoms with E-state index in [1.54, 1.807) is 24.3 Å². The molecule has 5 nitrogen and oxygen atoms in total. The summed E-state index contributed by atoms with van der Waals surface area (Å²) >= 11 is 12.6. The van der Waals surface area contributed by atoms with Gasteiger partial charge in [0.1, 0.15) is 0 Å². The molecule has 0 fully saturated rings. The van der Waals surface area contributed by atoms with Gasteiger partial charge < -0.3 is 0 Å². The predicted molar refractivity (Wildman–Crippen MR) is 82.4 cm³/mol. The first kappa shape index (κ1) is 15.1. The number of nitrogens with zero attached hydrogens (tertiary/aromatic N) is 1. The van der Waals surface area contributed by atoms with Crippen LogP contribution in [0.4, 0.5) is 0 Å². The lowest BCUT2D eigenvalue weighted by Crippen LogP contribution is -2.37. The molecule has 0 atom stereocenters. The number of nitrogens with one attached hydrogen (secondary N) is 1. The molecule has 0 aliphatic carbocycles. The largest absolute Gasteiger partial charge is 0.442 e. The second-order valence-corrected chi connectivity index (χ2v) is 11.0. The molecule has 100 valence electrons. The number of carbonyl (C=O) groups is 1. The van der Waals surface area contributed by atoms with Crippen molar-refractivity contribution in [3.63, 3.8) is 0 Å². The molecule has 0 unspecified atom stereocenters. The average Bonchev–Trinajstić information content (AvgIpc) is 2.68. The van der Waals surface area contributed by atoms with Gasteiger partial charge in [-0.1, -0.05) is 59.9 Å². The zero-order valence-electron chi connectivity index (χ0n) is 8.99. The van der Waals surface area contributed by atoms with Crippen LogP contribution in [0.5, 0.6) is 0 Å². The van der Waals surface area contributed by atoms with Crippen molar-refractivity contribution in [2.45, 2.75) is 2.14 Å². The zero-order valence-corrected chi connectivity index (χ0v) is 15.3. The summed E-state index contributed by atoms with van der Waals surface area (Å²) in [6, 6.07) is 6.79. The highest BCUT2D eigenvalue weighted by atomic mass is 80.0. The van der Waals surface area contributed by atoms with E-state index in [0.717, 1.165) is 0 Å². The Labute approximate surface area is 140 Å². The molecule has 0 radical (unpaired) electrons. The number of Topliss-reactive ketones (excluding diaryl/α,β-unsaturated/α-hetero) is 1. The van der Waals surface area contributed by atoms with Gasteiger partial charge in [-0.25, -0.2) is 4.79 Å². The molecule has 0 amide bonds. The lowest BCUT2D eigenvalue weighted by Gasteiger charge is -2.10. The van der Waals surface area contributed by atoms with Crippen LogP contribution in [0.3, 0.4) is 0 Å². The molecule has 0 aliphatic rings. The third-order valence-electron chi connectivity index (χ3n) is 2.24. The molecule has 2 aromatic rings. The molecule has 19 heavy (non-hydrogen) atoms. The molecule has 0 saturated heterocycles. The number of para-hydroxylation sites is 1. The van der Waals surface area contributed by atoms with Crippen molar-refractivity contribution >= 4 is 69.5 Å². The molecule has 0 bridgehead atoms. The van der Waals surface area contributed by atoms with Crippen molar-refractivity contribution in [3.05, 3.63) is 44.9 Å². The van der Waals surface area contributed by atoms with Crippen molar-refractivity contribution < 1.29 is 14.0 Å². The van der Waals surface area contributed by atoms with E-state index >= 15 is 0 Å². The standard InChI is InChI=1S/C10H4Br4N2O3/c11-8-9(18)19-15-16(8)6-4-2-1-3-5(6)7(17)10(12,13)14/h1-4H/p+1. The number of rotatable bonds is 2. The number of benzene rings is 1. The summed E-state index contributed by atoms with van der Waals surface area (Å²) in [7, 11) is 0. The van der Waals surface area contributed by atoms with Crippen LogP contribution in [0.15, 0.2) is 38.2 Å². The monoisotopic (exact) mass is 517 g/mol. The number of H-pyrrole nitrogens is 1. The Kier molecular flexibility index (Phi) is 4.49. The SMILES string of the molecule is O=C(c1ccccc1-[n+]1[nH]oc(=O)c1Br)C(Br)(Br)Br. The summed E-state index contributed by atoms with van der Waals surface area (Å²) in [5, 5.41) is 2.42. The van der Waals surface area contributed by atoms with E-state index < -0.39 is 7.77 Å². The summed E-state index contributed by atoms with van der Waals surface area (Å²) in [4.78, 5) is 23.6. The average molecular weight is 521 g/mol. The fraction of sp³-hybridized carbons (Fsp3) is 0.100. The van der Waals surface area contributed by atoms with Gasteiger partial charge in [0.2, 0.25) is 5.78 Å². The van der Waals surface area contributed by atoms with Crippen LogP contribution >= 0.6 is 63.7 Å². The second-order valence-electron chi connectivity index (χ2n) is 3.45. The van der Waals surface area contributed by atoms with Crippen molar-refractivity contribution in [2.24, 2.45) is 0 Å². The van der Waals surface area contributed by atoms with E-state index in [-0.39, 0.29) is 10.4 Å². The van der Waals surface area contributed by atoms with Crippen LogP contribution in [0, 0.1) is 0 Å². The summed E-state index contributed by atoms with van der Waals surface area (Å²) < 4.78 is 5.10. The Morgan fingerprint density at radius 3 is 2.42 bits per heavy atom. The topological polar surface area (TPSA) is 66.9 Å². The van der Waals surface area contributed by atoms with E-state index in [9.17, 15) is 9.59 Å². The number of alkyl halides is 3. The van der Waals surface area contributed by atoms with Crippen molar-refractivity contribution in [3.8, 4) is 5.69 Å². The quantitative estimate of drug-likeness (QED) is 0.376. The van der Waals surface area contributed by atoms with Gasteiger partial charge in [0, 0.05) is 22.0 Å². The minimum absolute atomic E-state index is 0.164. The van der Waals surface area contributed by atoms with Crippen LogP contribution < -0.4 is 10.3 Å². The number of aromatic amines is 1. The molecular formula is C10H5Br4N2O3+. The molecule has 1 heterocycles. The summed E-state index contributed by atoms with van der Waals surface area (Å²) in [6.45, 7) is 0. The van der Waals surface area contributed by atoms with Crippen molar-refractivity contribution in [1.82, 2.24) is 5.27 Å². The van der Waals surface area contributed by atoms with Crippen molar-refractivity contribution in [2.75, 3.05) is 0 Å². The van der Waals surface area contributed by atoms with Crippen LogP contribution in [0.1, 0.15) is 10.4 Å². The molecule has 1 aromatic heterocycles. The van der Waals surface area contributed by atoms with Crippen LogP contribution in [-0.4, -0.2) is 13.2 Å². The van der Waals surface area contributed by atoms with Gasteiger partial charge in [0.05, 0.1) is 5.56 Å². The Bertz CT molecular complexity index is 687. The highest BCUT2D eigenvalue weighted by molar-refractivity contribution is 9.40. The molecule has 1 aromatic carbocycles. The Morgan fingerprint density at radius 2 is 1.89 bits per heavy atom. The fourth-order valence-corrected chi connectivity index (χ4v) is 2.41. The van der Waals surface area contributed by atoms with E-state index in [1.165, 1.54) is 4.68 Å². The molecule has 0 spiro atoms. The summed E-state index contributed by atoms with van der Waals surface area (Å²) in [6.07, 6.45) is 0. The number of halogens is 4. The van der Waals surface area contributed by atoms with Gasteiger partial charge >= 0.3 is 10.2 Å². The van der Waals surface area contributed by atoms with Gasteiger partial charge in [0.25, 0.3) is 5.69 Å². The lowest BCUT2D eigenvalue weighted by atomic mass is 10.1. The minimum atomic E-state index is -1.07. The highest BCUT2D eigenvalue weighted by Crippen LogP contribution is 2.37. The first-order chi connectivity index (χ1) is 8.82. The van der Waals surface area contributed by atoms with E-state index in [0.29, 0.717) is 11.3 Å². The summed E-state index contributed by atoms with van der Waals surface area (Å²) in [5.74, 6) is -0.260. The number of aromatic nitrogens is 2. The summed E-state index contributed by atoms with van der Waals surface area (Å²) in [5.41, 5.74) is 0.300. The third kappa shape index (κ3) is 3.09. The maximum Gasteiger partial charge on any atom is 0.442 e. The lowest BCUT2D eigenvalue weighted by molar-refractivity contribution is -0.680. The van der Waals surface area contributed by atoms with Crippen LogP contribution in [0.25, 0.3) is 5.69 Å². The number of carbonyl (C=O) groups excluding carboxylic acids is 1. The van der Waals surface area contributed by atoms with E-state index in [4.69, 9.17) is 0 Å². The molecule has 0 saturated carbocycles. The van der Waals surface area contributed by atoms with Gasteiger partial charge in [-0.05, 0) is 16.0 Å². The number of hydrogen-bond donors (Lipinski definition) is 1. The molecule has 0 aliphatic heterocycles. The minimum Gasteiger partial charge on any atom is -0.290 e. The smallest absolute Gasteiger partial charge is 0.290 e. The fourth-order valence-electron chi connectivity index (χ4n) is 1.43. The van der Waals surface area contributed by atoms with Crippen LogP contribution in [-0.2, 0) is 0 Å². The molecule has 2 rings (SSSR count). The van der Waals surface area contributed by atoms with Gasteiger partial charge in [-0.3, -0.25) is 9.32 Å². The van der Waals surface area contributed by atoms with Crippen LogP contribution in [0.2, 0.25) is 0 Å². The predicted octanol–water partition coefficient (Wildman–Crippen LogP) is 3.03. The van der Waals surface area contributed by atoms with E-state index in [2.05, 4.69) is 73.5 Å². The van der Waals surface area contributed by atoms with Gasteiger partial charge in [-0.2, -0.15) is 0 Å². The zero-order chi connectivity index (χ0) is 14.2. The number of ketones is 1. The Morgan fingerprint density at radius 1 is 1.26 bits per heavy atom. The maximum atomic E-state index is 12.3. The van der Waals surface area contributed by atoms with E-state index in [1.807, 2.05) is 0 Å². The maximum absolute atomic E-state index is 12.3. The first-order valence-corrected chi connectivity index (χ1v) is 7.99. The normalized spacial score (nSPS) is 11.6. The second kappa shape index (κ2) is 5.63. The van der Waals surface area contributed by atoms with Gasteiger partial charge in [-0.15, -0.1) is 0 Å². The Balaban J connectivity index is 2.64. The third-order valence-corrected chi connectivity index (χ3v) is 4.00. The molecule has 9 heteroatoms. The van der Waals surface area contributed by atoms with Crippen molar-refractivity contribution in [1.29, 1.82) is 0 Å². The molecular weight excluding hydrogens is 516 g/mol.